The van der Waals surface area contributed by atoms with Crippen molar-refractivity contribution in [2.45, 2.75) is 6.42 Å². The number of hydrogen-bond donors (Lipinski definition) is 1. The molecule has 0 fully saturated rings. The van der Waals surface area contributed by atoms with Crippen molar-refractivity contribution in [2.24, 2.45) is 14.1 Å². The van der Waals surface area contributed by atoms with E-state index in [2.05, 4.69) is 21.2 Å². The van der Waals surface area contributed by atoms with Crippen LogP contribution in [-0.2, 0) is 20.5 Å². The molecule has 0 radical (unpaired) electrons. The van der Waals surface area contributed by atoms with E-state index in [1.807, 2.05) is 18.2 Å². The third kappa shape index (κ3) is 3.49. The number of nitrogens with one attached hydrogen (secondary N) is 1. The second-order valence-electron chi connectivity index (χ2n) is 4.95. The molecule has 1 N–H and O–H groups in total. The largest absolute Gasteiger partial charge is 0.370 e. The Morgan fingerprint density at radius 3 is 2.65 bits per heavy atom. The average molecular weight is 398 g/mol. The van der Waals surface area contributed by atoms with E-state index < -0.39 is 11.2 Å². The Kier molecular flexibility index (Phi) is 5.29. The Balaban J connectivity index is 2.28. The summed E-state index contributed by atoms with van der Waals surface area (Å²) in [6, 6.07) is 7.32. The highest BCUT2D eigenvalue weighted by atomic mass is 79.9. The fourth-order valence-corrected chi connectivity index (χ4v) is 2.84. The molecule has 0 unspecified atom stereocenters. The van der Waals surface area contributed by atoms with Gasteiger partial charge in [0.1, 0.15) is 11.9 Å². The van der Waals surface area contributed by atoms with Crippen molar-refractivity contribution < 1.29 is 0 Å². The lowest BCUT2D eigenvalue weighted by molar-refractivity contribution is 0.685. The Morgan fingerprint density at radius 1 is 1.30 bits per heavy atom. The van der Waals surface area contributed by atoms with Crippen LogP contribution in [0.15, 0.2) is 32.3 Å². The third-order valence-electron chi connectivity index (χ3n) is 3.47. The number of anilines is 1. The summed E-state index contributed by atoms with van der Waals surface area (Å²) in [4.78, 5) is 23.9. The molecule has 1 aromatic heterocycles. The van der Waals surface area contributed by atoms with Gasteiger partial charge in [-0.3, -0.25) is 13.9 Å². The van der Waals surface area contributed by atoms with Crippen LogP contribution in [0.5, 0.6) is 0 Å². The maximum atomic E-state index is 12.0. The quantitative estimate of drug-likeness (QED) is 0.856. The molecule has 0 atom stereocenters. The minimum absolute atomic E-state index is 0.0836. The first-order valence-electron chi connectivity index (χ1n) is 6.74. The Hall–Kier alpha value is -2.04. The summed E-state index contributed by atoms with van der Waals surface area (Å²) in [5, 5.41) is 12.8. The fourth-order valence-electron chi connectivity index (χ4n) is 2.20. The standard InChI is InChI=1S/C15H14BrClN4O2/c1-20-13(11(8-18)14(22)21(2)15(20)23)19-6-5-9-7-10(17)3-4-12(9)16/h3-4,7,19H,5-6H2,1-2H3. The Labute approximate surface area is 146 Å². The molecule has 1 heterocycles. The lowest BCUT2D eigenvalue weighted by Crippen LogP contribution is -2.40. The van der Waals surface area contributed by atoms with Crippen LogP contribution >= 0.6 is 27.5 Å². The minimum Gasteiger partial charge on any atom is -0.370 e. The Bertz CT molecular complexity index is 911. The van der Waals surface area contributed by atoms with Crippen LogP contribution in [0.4, 0.5) is 5.82 Å². The van der Waals surface area contributed by atoms with Gasteiger partial charge in [0.15, 0.2) is 5.56 Å². The SMILES string of the molecule is Cn1c(NCCc2cc(Cl)ccc2Br)c(C#N)c(=O)n(C)c1=O. The lowest BCUT2D eigenvalue weighted by atomic mass is 10.1. The van der Waals surface area contributed by atoms with Gasteiger partial charge in [0, 0.05) is 30.1 Å². The van der Waals surface area contributed by atoms with Crippen LogP contribution in [0.25, 0.3) is 0 Å². The van der Waals surface area contributed by atoms with Gasteiger partial charge in [0.2, 0.25) is 0 Å². The van der Waals surface area contributed by atoms with Gasteiger partial charge >= 0.3 is 5.69 Å². The van der Waals surface area contributed by atoms with E-state index in [9.17, 15) is 14.9 Å². The van der Waals surface area contributed by atoms with E-state index in [0.717, 1.165) is 14.6 Å². The first-order valence-corrected chi connectivity index (χ1v) is 7.91. The predicted molar refractivity (Wildman–Crippen MR) is 93.0 cm³/mol. The second-order valence-corrected chi connectivity index (χ2v) is 6.24. The van der Waals surface area contributed by atoms with Gasteiger partial charge in [-0.25, -0.2) is 4.79 Å². The van der Waals surface area contributed by atoms with Crippen molar-refractivity contribution in [3.8, 4) is 6.07 Å². The van der Waals surface area contributed by atoms with Gasteiger partial charge in [0.25, 0.3) is 5.56 Å². The number of benzene rings is 1. The highest BCUT2D eigenvalue weighted by molar-refractivity contribution is 9.10. The molecule has 0 saturated heterocycles. The molecule has 0 saturated carbocycles. The maximum Gasteiger partial charge on any atom is 0.332 e. The van der Waals surface area contributed by atoms with Crippen molar-refractivity contribution in [1.29, 1.82) is 5.26 Å². The maximum absolute atomic E-state index is 12.0. The van der Waals surface area contributed by atoms with Crippen LogP contribution in [0.2, 0.25) is 5.02 Å². The Morgan fingerprint density at radius 2 is 2.00 bits per heavy atom. The summed E-state index contributed by atoms with van der Waals surface area (Å²) in [5.41, 5.74) is -0.195. The molecule has 0 bridgehead atoms. The number of rotatable bonds is 4. The minimum atomic E-state index is -0.609. The van der Waals surface area contributed by atoms with Gasteiger partial charge in [0.05, 0.1) is 0 Å². The lowest BCUT2D eigenvalue weighted by Gasteiger charge is -2.14. The summed E-state index contributed by atoms with van der Waals surface area (Å²) in [5.74, 6) is 0.221. The highest BCUT2D eigenvalue weighted by Gasteiger charge is 2.15. The third-order valence-corrected chi connectivity index (χ3v) is 4.48. The number of nitrogens with zero attached hydrogens (tertiary/aromatic N) is 3. The topological polar surface area (TPSA) is 79.8 Å². The van der Waals surface area contributed by atoms with E-state index in [1.165, 1.54) is 18.7 Å². The van der Waals surface area contributed by atoms with E-state index in [0.29, 0.717) is 18.0 Å². The molecular weight excluding hydrogens is 384 g/mol. The van der Waals surface area contributed by atoms with Gasteiger partial charge in [-0.05, 0) is 30.2 Å². The normalized spacial score (nSPS) is 10.4. The average Bonchev–Trinajstić information content (AvgIpc) is 2.53. The smallest absolute Gasteiger partial charge is 0.332 e. The van der Waals surface area contributed by atoms with Crippen LogP contribution < -0.4 is 16.6 Å². The number of hydrogen-bond acceptors (Lipinski definition) is 4. The summed E-state index contributed by atoms with van der Waals surface area (Å²) < 4.78 is 3.09. The van der Waals surface area contributed by atoms with Crippen molar-refractivity contribution in [3.63, 3.8) is 0 Å². The molecule has 1 aromatic carbocycles. The van der Waals surface area contributed by atoms with E-state index in [1.54, 1.807) is 6.07 Å². The molecule has 23 heavy (non-hydrogen) atoms. The van der Waals surface area contributed by atoms with Crippen LogP contribution in [-0.4, -0.2) is 15.7 Å². The summed E-state index contributed by atoms with van der Waals surface area (Å²) >= 11 is 9.42. The number of nitriles is 1. The summed E-state index contributed by atoms with van der Waals surface area (Å²) in [7, 11) is 2.86. The first kappa shape index (κ1) is 17.3. The number of halogens is 2. The first-order chi connectivity index (χ1) is 10.9. The van der Waals surface area contributed by atoms with Crippen molar-refractivity contribution in [2.75, 3.05) is 11.9 Å². The molecule has 8 heteroatoms. The highest BCUT2D eigenvalue weighted by Crippen LogP contribution is 2.21. The van der Waals surface area contributed by atoms with Gasteiger partial charge in [-0.15, -0.1) is 0 Å². The molecule has 0 aliphatic heterocycles. The number of aromatic nitrogens is 2. The fraction of sp³-hybridized carbons (Fsp3) is 0.267. The van der Waals surface area contributed by atoms with E-state index in [-0.39, 0.29) is 11.4 Å². The molecular formula is C15H14BrClN4O2. The summed E-state index contributed by atoms with van der Waals surface area (Å²) in [6.07, 6.45) is 0.607. The molecule has 0 spiro atoms. The second kappa shape index (κ2) is 7.02. The predicted octanol–water partition coefficient (Wildman–Crippen LogP) is 2.03. The van der Waals surface area contributed by atoms with E-state index in [4.69, 9.17) is 11.6 Å². The van der Waals surface area contributed by atoms with Crippen LogP contribution in [0, 0.1) is 11.3 Å². The zero-order valence-electron chi connectivity index (χ0n) is 12.6. The molecule has 2 aromatic rings. The monoisotopic (exact) mass is 396 g/mol. The van der Waals surface area contributed by atoms with Crippen LogP contribution in [0.1, 0.15) is 11.1 Å². The van der Waals surface area contributed by atoms with Gasteiger partial charge in [-0.2, -0.15) is 5.26 Å². The van der Waals surface area contributed by atoms with Crippen molar-refractivity contribution >= 4 is 33.3 Å². The molecule has 0 aliphatic rings. The van der Waals surface area contributed by atoms with Crippen LogP contribution in [0.3, 0.4) is 0 Å². The van der Waals surface area contributed by atoms with Gasteiger partial charge < -0.3 is 5.32 Å². The summed E-state index contributed by atoms with van der Waals surface area (Å²) in [6.45, 7) is 0.439. The van der Waals surface area contributed by atoms with Crippen molar-refractivity contribution in [3.05, 3.63) is 59.7 Å². The molecule has 2 rings (SSSR count). The zero-order chi connectivity index (χ0) is 17.1. The van der Waals surface area contributed by atoms with E-state index >= 15 is 0 Å². The van der Waals surface area contributed by atoms with Gasteiger partial charge in [-0.1, -0.05) is 27.5 Å². The molecule has 6 nitrogen and oxygen atoms in total. The molecule has 0 amide bonds. The molecule has 0 aliphatic carbocycles. The zero-order valence-corrected chi connectivity index (χ0v) is 14.9. The molecule has 120 valence electrons. The van der Waals surface area contributed by atoms with Crippen molar-refractivity contribution in [1.82, 2.24) is 9.13 Å².